The lowest BCUT2D eigenvalue weighted by atomic mass is 10.2. The van der Waals surface area contributed by atoms with Crippen molar-refractivity contribution in [3.8, 4) is 0 Å². The predicted octanol–water partition coefficient (Wildman–Crippen LogP) is 2.51. The first-order valence-electron chi connectivity index (χ1n) is 5.44. The molecule has 0 saturated carbocycles. The van der Waals surface area contributed by atoms with Crippen LogP contribution in [0, 0.1) is 0 Å². The summed E-state index contributed by atoms with van der Waals surface area (Å²) in [7, 11) is 1.75. The maximum atomic E-state index is 12.1. The Morgan fingerprint density at radius 3 is 2.72 bits per heavy atom. The number of halogens is 1. The Bertz CT molecular complexity index is 528. The van der Waals surface area contributed by atoms with Crippen LogP contribution >= 0.6 is 15.9 Å². The van der Waals surface area contributed by atoms with Gasteiger partial charge < -0.3 is 4.90 Å². The van der Waals surface area contributed by atoms with Crippen molar-refractivity contribution in [2.75, 3.05) is 7.05 Å². The van der Waals surface area contributed by atoms with Crippen LogP contribution in [0.3, 0.4) is 0 Å². The minimum atomic E-state index is -0.0688. The van der Waals surface area contributed by atoms with Crippen molar-refractivity contribution in [3.63, 3.8) is 0 Å². The van der Waals surface area contributed by atoms with Crippen LogP contribution in [-0.2, 0) is 6.54 Å². The second-order valence-electron chi connectivity index (χ2n) is 3.85. The molecular formula is C13H12BrN3O. The minimum Gasteiger partial charge on any atom is -0.336 e. The van der Waals surface area contributed by atoms with Crippen LogP contribution in [0.4, 0.5) is 0 Å². The highest BCUT2D eigenvalue weighted by molar-refractivity contribution is 9.10. The van der Waals surface area contributed by atoms with E-state index in [0.717, 1.165) is 5.69 Å². The van der Waals surface area contributed by atoms with Gasteiger partial charge >= 0.3 is 0 Å². The summed E-state index contributed by atoms with van der Waals surface area (Å²) in [6, 6.07) is 9.14. The Balaban J connectivity index is 2.07. The van der Waals surface area contributed by atoms with Gasteiger partial charge in [0.05, 0.1) is 17.8 Å². The third kappa shape index (κ3) is 3.13. The summed E-state index contributed by atoms with van der Waals surface area (Å²) in [5, 5.41) is 0. The number of rotatable bonds is 3. The van der Waals surface area contributed by atoms with E-state index in [1.54, 1.807) is 36.5 Å². The Morgan fingerprint density at radius 1 is 1.28 bits per heavy atom. The van der Waals surface area contributed by atoms with Crippen molar-refractivity contribution in [2.24, 2.45) is 0 Å². The van der Waals surface area contributed by atoms with Crippen LogP contribution < -0.4 is 0 Å². The molecule has 2 rings (SSSR count). The number of hydrogen-bond donors (Lipinski definition) is 0. The number of pyridine rings is 2. The van der Waals surface area contributed by atoms with E-state index in [1.165, 1.54) is 0 Å². The van der Waals surface area contributed by atoms with Crippen molar-refractivity contribution in [1.29, 1.82) is 0 Å². The molecule has 92 valence electrons. The first-order valence-corrected chi connectivity index (χ1v) is 6.23. The van der Waals surface area contributed by atoms with Gasteiger partial charge in [0.15, 0.2) is 0 Å². The van der Waals surface area contributed by atoms with Gasteiger partial charge in [0.25, 0.3) is 5.91 Å². The minimum absolute atomic E-state index is 0.0688. The molecule has 0 radical (unpaired) electrons. The van der Waals surface area contributed by atoms with E-state index in [9.17, 15) is 4.79 Å². The lowest BCUT2D eigenvalue weighted by Crippen LogP contribution is -2.26. The Kier molecular flexibility index (Phi) is 4.04. The van der Waals surface area contributed by atoms with Crippen LogP contribution in [-0.4, -0.2) is 27.8 Å². The fourth-order valence-electron chi connectivity index (χ4n) is 1.53. The number of aromatic nitrogens is 2. The van der Waals surface area contributed by atoms with E-state index in [1.807, 2.05) is 18.2 Å². The summed E-state index contributed by atoms with van der Waals surface area (Å²) in [5.74, 6) is -0.0688. The van der Waals surface area contributed by atoms with Gasteiger partial charge in [-0.25, -0.2) is 4.98 Å². The molecule has 0 aliphatic heterocycles. The molecule has 0 aliphatic rings. The molecule has 0 atom stereocenters. The highest BCUT2D eigenvalue weighted by Crippen LogP contribution is 2.09. The van der Waals surface area contributed by atoms with Crippen molar-refractivity contribution in [2.45, 2.75) is 6.54 Å². The van der Waals surface area contributed by atoms with Gasteiger partial charge in [0.1, 0.15) is 4.60 Å². The van der Waals surface area contributed by atoms with Crippen LogP contribution in [0.25, 0.3) is 0 Å². The van der Waals surface area contributed by atoms with E-state index < -0.39 is 0 Å². The van der Waals surface area contributed by atoms with Crippen molar-refractivity contribution in [1.82, 2.24) is 14.9 Å². The van der Waals surface area contributed by atoms with Crippen LogP contribution in [0.2, 0.25) is 0 Å². The average molecular weight is 306 g/mol. The van der Waals surface area contributed by atoms with Crippen molar-refractivity contribution in [3.05, 3.63) is 58.6 Å². The number of amides is 1. The zero-order chi connectivity index (χ0) is 13.0. The average Bonchev–Trinajstić information content (AvgIpc) is 2.40. The summed E-state index contributed by atoms with van der Waals surface area (Å²) >= 11 is 3.24. The molecule has 0 unspecified atom stereocenters. The van der Waals surface area contributed by atoms with Crippen LogP contribution in [0.1, 0.15) is 16.1 Å². The molecule has 2 aromatic rings. The third-order valence-electron chi connectivity index (χ3n) is 2.45. The Hall–Kier alpha value is -1.75. The van der Waals surface area contributed by atoms with E-state index in [-0.39, 0.29) is 5.91 Å². The van der Waals surface area contributed by atoms with Crippen molar-refractivity contribution < 1.29 is 4.79 Å². The van der Waals surface area contributed by atoms with Gasteiger partial charge in [-0.05, 0) is 40.2 Å². The maximum Gasteiger partial charge on any atom is 0.255 e. The lowest BCUT2D eigenvalue weighted by Gasteiger charge is -2.16. The molecule has 1 amide bonds. The fourth-order valence-corrected chi connectivity index (χ4v) is 1.76. The van der Waals surface area contributed by atoms with Crippen LogP contribution in [0.15, 0.2) is 47.3 Å². The summed E-state index contributed by atoms with van der Waals surface area (Å²) in [4.78, 5) is 22.0. The third-order valence-corrected chi connectivity index (χ3v) is 2.92. The molecule has 0 spiro atoms. The highest BCUT2D eigenvalue weighted by atomic mass is 79.9. The normalized spacial score (nSPS) is 10.1. The summed E-state index contributed by atoms with van der Waals surface area (Å²) < 4.78 is 0.714. The van der Waals surface area contributed by atoms with Gasteiger partial charge in [-0.2, -0.15) is 0 Å². The standard InChI is InChI=1S/C13H12BrN3O/c1-17(9-11-4-2-3-7-15-11)13(18)10-5-6-12(14)16-8-10/h2-8H,9H2,1H3. The molecule has 18 heavy (non-hydrogen) atoms. The SMILES string of the molecule is CN(Cc1ccccn1)C(=O)c1ccc(Br)nc1. The number of carbonyl (C=O) groups excluding carboxylic acids is 1. The zero-order valence-electron chi connectivity index (χ0n) is 9.88. The van der Waals surface area contributed by atoms with E-state index in [0.29, 0.717) is 16.7 Å². The second-order valence-corrected chi connectivity index (χ2v) is 4.66. The molecule has 2 aromatic heterocycles. The lowest BCUT2D eigenvalue weighted by molar-refractivity contribution is 0.0783. The largest absolute Gasteiger partial charge is 0.336 e. The molecule has 0 bridgehead atoms. The number of carbonyl (C=O) groups is 1. The van der Waals surface area contributed by atoms with Gasteiger partial charge in [-0.1, -0.05) is 6.07 Å². The van der Waals surface area contributed by atoms with Gasteiger partial charge in [0.2, 0.25) is 0 Å². The van der Waals surface area contributed by atoms with Crippen LogP contribution in [0.5, 0.6) is 0 Å². The molecular weight excluding hydrogens is 294 g/mol. The van der Waals surface area contributed by atoms with E-state index in [2.05, 4.69) is 25.9 Å². The molecule has 2 heterocycles. The van der Waals surface area contributed by atoms with Gasteiger partial charge in [0, 0.05) is 19.4 Å². The fraction of sp³-hybridized carbons (Fsp3) is 0.154. The smallest absolute Gasteiger partial charge is 0.255 e. The highest BCUT2D eigenvalue weighted by Gasteiger charge is 2.12. The molecule has 4 nitrogen and oxygen atoms in total. The number of nitrogens with zero attached hydrogens (tertiary/aromatic N) is 3. The molecule has 0 aliphatic carbocycles. The summed E-state index contributed by atoms with van der Waals surface area (Å²) in [6.45, 7) is 0.482. The van der Waals surface area contributed by atoms with E-state index >= 15 is 0 Å². The van der Waals surface area contributed by atoms with E-state index in [4.69, 9.17) is 0 Å². The molecule has 0 saturated heterocycles. The summed E-state index contributed by atoms with van der Waals surface area (Å²) in [5.41, 5.74) is 1.43. The monoisotopic (exact) mass is 305 g/mol. The second kappa shape index (κ2) is 5.73. The summed E-state index contributed by atoms with van der Waals surface area (Å²) in [6.07, 6.45) is 3.27. The first-order chi connectivity index (χ1) is 8.66. The Labute approximate surface area is 114 Å². The van der Waals surface area contributed by atoms with Crippen molar-refractivity contribution >= 4 is 21.8 Å². The van der Waals surface area contributed by atoms with Gasteiger partial charge in [-0.3, -0.25) is 9.78 Å². The molecule has 0 aromatic carbocycles. The molecule has 5 heteroatoms. The zero-order valence-corrected chi connectivity index (χ0v) is 11.5. The molecule has 0 fully saturated rings. The first kappa shape index (κ1) is 12.7. The Morgan fingerprint density at radius 2 is 2.11 bits per heavy atom. The predicted molar refractivity (Wildman–Crippen MR) is 72.0 cm³/mol. The quantitative estimate of drug-likeness (QED) is 0.819. The topological polar surface area (TPSA) is 46.1 Å². The number of hydrogen-bond acceptors (Lipinski definition) is 3. The maximum absolute atomic E-state index is 12.1. The molecule has 0 N–H and O–H groups in total. The van der Waals surface area contributed by atoms with Gasteiger partial charge in [-0.15, -0.1) is 0 Å².